The molecule has 7 N–H and O–H groups in total. The van der Waals surface area contributed by atoms with Gasteiger partial charge in [0.25, 0.3) is 0 Å². The molecule has 0 aromatic heterocycles. The Bertz CT molecular complexity index is 1210. The molecule has 1 fully saturated rings. The number of carbonyl (C=O) groups is 1. The number of rotatable bonds is 34. The van der Waals surface area contributed by atoms with Crippen molar-refractivity contribution in [3.8, 4) is 0 Å². The third-order valence-corrected chi connectivity index (χ3v) is 10.1. The normalized spacial score (nSPS) is 22.5. The second-order valence-corrected chi connectivity index (χ2v) is 15.7. The number of nitrogens with one attached hydrogen (secondary N) is 1. The quantitative estimate of drug-likeness (QED) is 0.0217. The molecule has 1 saturated heterocycles. The molecular formula is C42H75NO12S. The first-order valence-corrected chi connectivity index (χ1v) is 22.5. The summed E-state index contributed by atoms with van der Waals surface area (Å²) in [5, 5.41) is 54.8. The number of carbonyl (C=O) groups excluding carboxylic acids is 1. The smallest absolute Gasteiger partial charge is 0.394 e. The average Bonchev–Trinajstić information content (AvgIpc) is 3.16. The van der Waals surface area contributed by atoms with E-state index in [-0.39, 0.29) is 6.42 Å². The Morgan fingerprint density at radius 1 is 0.750 bits per heavy atom. The molecule has 1 aliphatic rings. The molecule has 1 rings (SSSR count). The van der Waals surface area contributed by atoms with Crippen LogP contribution in [0.4, 0.5) is 0 Å². The van der Waals surface area contributed by atoms with Gasteiger partial charge in [-0.05, 0) is 51.4 Å². The molecule has 1 heterocycles. The van der Waals surface area contributed by atoms with Gasteiger partial charge in [0.05, 0.1) is 25.4 Å². The van der Waals surface area contributed by atoms with Crippen molar-refractivity contribution in [1.82, 2.24) is 5.32 Å². The third kappa shape index (κ3) is 25.4. The lowest BCUT2D eigenvalue weighted by molar-refractivity contribution is -0.298. The average molecular weight is 818 g/mol. The van der Waals surface area contributed by atoms with Gasteiger partial charge in [-0.25, -0.2) is 4.18 Å². The van der Waals surface area contributed by atoms with Gasteiger partial charge in [0.15, 0.2) is 6.29 Å². The summed E-state index contributed by atoms with van der Waals surface area (Å²) in [6.07, 6.45) is 26.8. The Hall–Kier alpha value is -1.98. The van der Waals surface area contributed by atoms with E-state index < -0.39 is 78.5 Å². The minimum atomic E-state index is -5.12. The van der Waals surface area contributed by atoms with E-state index in [2.05, 4.69) is 53.7 Å². The van der Waals surface area contributed by atoms with Crippen LogP contribution in [0.3, 0.4) is 0 Å². The fraction of sp³-hybridized carbons (Fsp3) is 0.786. The van der Waals surface area contributed by atoms with Crippen LogP contribution in [0.25, 0.3) is 0 Å². The number of ether oxygens (including phenoxy) is 2. The SMILES string of the molecule is CC/C=C\C/C=C\CCCCCCCCCCCCCCCC(O)C(=O)NC(COC1OC(CO)C(O)C(OS(=O)(=O)O)C1O)C(O)/C=C/CC/C=C/CCC. The molecule has 0 aromatic rings. The minimum Gasteiger partial charge on any atom is -0.394 e. The molecule has 1 amide bonds. The molecule has 8 unspecified atom stereocenters. The zero-order valence-electron chi connectivity index (χ0n) is 34.0. The molecule has 14 heteroatoms. The van der Waals surface area contributed by atoms with Crippen LogP contribution in [-0.4, -0.2) is 107 Å². The van der Waals surface area contributed by atoms with Gasteiger partial charge in [-0.2, -0.15) is 8.42 Å². The van der Waals surface area contributed by atoms with Crippen LogP contribution in [0.1, 0.15) is 149 Å². The lowest BCUT2D eigenvalue weighted by Crippen LogP contribution is -2.61. The molecule has 0 spiro atoms. The Kier molecular flexibility index (Phi) is 30.6. The highest BCUT2D eigenvalue weighted by Crippen LogP contribution is 2.26. The van der Waals surface area contributed by atoms with Crippen LogP contribution >= 0.6 is 0 Å². The molecule has 0 aliphatic carbocycles. The van der Waals surface area contributed by atoms with Crippen molar-refractivity contribution in [2.24, 2.45) is 0 Å². The zero-order chi connectivity index (χ0) is 41.4. The maximum atomic E-state index is 13.0. The van der Waals surface area contributed by atoms with Crippen molar-refractivity contribution < 1.29 is 57.0 Å². The van der Waals surface area contributed by atoms with Crippen molar-refractivity contribution in [2.75, 3.05) is 13.2 Å². The monoisotopic (exact) mass is 818 g/mol. The van der Waals surface area contributed by atoms with Gasteiger partial charge < -0.3 is 40.3 Å². The minimum absolute atomic E-state index is 0.233. The number of unbranched alkanes of at least 4 members (excludes halogenated alkanes) is 15. The molecule has 326 valence electrons. The molecule has 56 heavy (non-hydrogen) atoms. The largest absolute Gasteiger partial charge is 0.397 e. The van der Waals surface area contributed by atoms with E-state index in [0.717, 1.165) is 51.4 Å². The third-order valence-electron chi connectivity index (χ3n) is 9.68. The Labute approximate surface area is 337 Å². The van der Waals surface area contributed by atoms with Crippen molar-refractivity contribution in [2.45, 2.75) is 198 Å². The second-order valence-electron chi connectivity index (χ2n) is 14.7. The van der Waals surface area contributed by atoms with E-state index in [0.29, 0.717) is 12.8 Å². The molecule has 0 saturated carbocycles. The fourth-order valence-corrected chi connectivity index (χ4v) is 6.85. The van der Waals surface area contributed by atoms with Crippen LogP contribution < -0.4 is 5.32 Å². The van der Waals surface area contributed by atoms with Crippen molar-refractivity contribution in [3.05, 3.63) is 48.6 Å². The fourth-order valence-electron chi connectivity index (χ4n) is 6.34. The summed E-state index contributed by atoms with van der Waals surface area (Å²) < 4.78 is 47.2. The van der Waals surface area contributed by atoms with Gasteiger partial charge in [-0.3, -0.25) is 9.35 Å². The Balaban J connectivity index is 2.48. The lowest BCUT2D eigenvalue weighted by Gasteiger charge is -2.41. The van der Waals surface area contributed by atoms with Crippen LogP contribution in [0.15, 0.2) is 48.6 Å². The van der Waals surface area contributed by atoms with Crippen LogP contribution in [0, 0.1) is 0 Å². The predicted octanol–water partition coefficient (Wildman–Crippen LogP) is 6.29. The number of hydrogen-bond donors (Lipinski definition) is 7. The summed E-state index contributed by atoms with van der Waals surface area (Å²) >= 11 is 0. The first-order chi connectivity index (χ1) is 26.9. The van der Waals surface area contributed by atoms with Gasteiger partial charge in [0.2, 0.25) is 5.91 Å². The molecular weight excluding hydrogens is 743 g/mol. The van der Waals surface area contributed by atoms with Crippen molar-refractivity contribution in [1.29, 1.82) is 0 Å². The number of hydrogen-bond acceptors (Lipinski definition) is 11. The van der Waals surface area contributed by atoms with Crippen molar-refractivity contribution >= 4 is 16.3 Å². The number of allylic oxidation sites excluding steroid dienone is 7. The van der Waals surface area contributed by atoms with Crippen LogP contribution in [-0.2, 0) is 28.9 Å². The Morgan fingerprint density at radius 2 is 1.30 bits per heavy atom. The summed E-state index contributed by atoms with van der Waals surface area (Å²) in [6.45, 7) is 2.95. The number of aliphatic hydroxyl groups is 5. The lowest BCUT2D eigenvalue weighted by atomic mass is 9.99. The van der Waals surface area contributed by atoms with E-state index in [1.54, 1.807) is 6.08 Å². The maximum absolute atomic E-state index is 13.0. The van der Waals surface area contributed by atoms with E-state index in [4.69, 9.17) is 14.0 Å². The van der Waals surface area contributed by atoms with E-state index in [1.807, 2.05) is 6.08 Å². The van der Waals surface area contributed by atoms with Gasteiger partial charge in [-0.1, -0.05) is 146 Å². The summed E-state index contributed by atoms with van der Waals surface area (Å²) in [5.74, 6) is -0.720. The summed E-state index contributed by atoms with van der Waals surface area (Å²) in [4.78, 5) is 13.0. The molecule has 0 bridgehead atoms. The van der Waals surface area contributed by atoms with E-state index in [9.17, 15) is 38.7 Å². The highest BCUT2D eigenvalue weighted by molar-refractivity contribution is 7.80. The van der Waals surface area contributed by atoms with Gasteiger partial charge >= 0.3 is 10.4 Å². The molecule has 1 aliphatic heterocycles. The summed E-state index contributed by atoms with van der Waals surface area (Å²) in [7, 11) is -5.12. The maximum Gasteiger partial charge on any atom is 0.397 e. The molecule has 13 nitrogen and oxygen atoms in total. The number of aliphatic hydroxyl groups excluding tert-OH is 5. The topological polar surface area (TPSA) is 212 Å². The molecule has 8 atom stereocenters. The zero-order valence-corrected chi connectivity index (χ0v) is 34.9. The Morgan fingerprint density at radius 3 is 1.89 bits per heavy atom. The van der Waals surface area contributed by atoms with Crippen LogP contribution in [0.2, 0.25) is 0 Å². The van der Waals surface area contributed by atoms with Crippen LogP contribution in [0.5, 0.6) is 0 Å². The molecule has 0 aromatic carbocycles. The van der Waals surface area contributed by atoms with Gasteiger partial charge in [0, 0.05) is 0 Å². The standard InChI is InChI=1S/C42H75NO12S/c1-3-5-7-9-11-12-13-14-15-16-17-18-19-20-21-22-23-25-27-29-31-36(46)41(49)43-34(35(45)30-28-26-24-10-8-6-4-2)33-53-42-39(48)40(55-56(50,51)52)38(47)37(32-44)54-42/h5,7-8,10-12,28,30,34-40,42,44-48H,3-4,6,9,13-27,29,31-33H2,1-2H3,(H,43,49)(H,50,51,52)/b7-5-,10-8+,12-11-,30-28+. The number of amides is 1. The first-order valence-electron chi connectivity index (χ1n) is 21.1. The van der Waals surface area contributed by atoms with E-state index >= 15 is 0 Å². The summed E-state index contributed by atoms with van der Waals surface area (Å²) in [5.41, 5.74) is 0. The second kappa shape index (κ2) is 32.9. The van der Waals surface area contributed by atoms with Gasteiger partial charge in [0.1, 0.15) is 30.5 Å². The highest BCUT2D eigenvalue weighted by atomic mass is 32.3. The summed E-state index contributed by atoms with van der Waals surface area (Å²) in [6, 6.07) is -1.13. The van der Waals surface area contributed by atoms with Gasteiger partial charge in [-0.15, -0.1) is 0 Å². The predicted molar refractivity (Wildman–Crippen MR) is 219 cm³/mol. The van der Waals surface area contributed by atoms with Crippen molar-refractivity contribution in [3.63, 3.8) is 0 Å². The molecule has 0 radical (unpaired) electrons. The first kappa shape index (κ1) is 52.0. The highest BCUT2D eigenvalue weighted by Gasteiger charge is 2.48. The van der Waals surface area contributed by atoms with E-state index in [1.165, 1.54) is 70.3 Å².